The van der Waals surface area contributed by atoms with Gasteiger partial charge in [0.25, 0.3) is 0 Å². The van der Waals surface area contributed by atoms with E-state index in [0.29, 0.717) is 0 Å². The van der Waals surface area contributed by atoms with Crippen LogP contribution in [-0.4, -0.2) is 24.0 Å². The van der Waals surface area contributed by atoms with E-state index in [1.54, 1.807) is 18.8 Å². The first kappa shape index (κ1) is 7.92. The predicted octanol–water partition coefficient (Wildman–Crippen LogP) is 1.02. The molecule has 0 saturated carbocycles. The normalized spacial score (nSPS) is 25.9. The Hall–Kier alpha value is -0.180. The van der Waals surface area contributed by atoms with Gasteiger partial charge in [0.1, 0.15) is 0 Å². The van der Waals surface area contributed by atoms with Crippen LogP contribution in [0.3, 0.4) is 0 Å². The second-order valence-electron chi connectivity index (χ2n) is 2.47. The second kappa shape index (κ2) is 3.86. The first-order chi connectivity index (χ1) is 4.84. The van der Waals surface area contributed by atoms with E-state index in [1.807, 2.05) is 0 Å². The van der Waals surface area contributed by atoms with Crippen LogP contribution in [0.15, 0.2) is 0 Å². The monoisotopic (exact) mass is 159 g/mol. The van der Waals surface area contributed by atoms with Gasteiger partial charge in [-0.3, -0.25) is 4.79 Å². The number of nitrogens with one attached hydrogen (secondary N) is 1. The number of carbonyl (C=O) groups excluding carboxylic acids is 1. The Morgan fingerprint density at radius 2 is 2.40 bits per heavy atom. The summed E-state index contributed by atoms with van der Waals surface area (Å²) in [4.78, 5) is 11.0. The molecule has 1 amide bonds. The molecule has 1 aliphatic rings. The minimum absolute atomic E-state index is 0.199. The molecule has 2 nitrogen and oxygen atoms in total. The van der Waals surface area contributed by atoms with Crippen molar-refractivity contribution in [2.24, 2.45) is 0 Å². The third kappa shape index (κ3) is 1.90. The number of hydrogen-bond acceptors (Lipinski definition) is 2. The van der Waals surface area contributed by atoms with Crippen LogP contribution in [0.4, 0.5) is 0 Å². The van der Waals surface area contributed by atoms with E-state index in [4.69, 9.17) is 0 Å². The fourth-order valence-electron chi connectivity index (χ4n) is 1.11. The Balaban J connectivity index is 2.31. The zero-order valence-electron chi connectivity index (χ0n) is 6.22. The highest BCUT2D eigenvalue weighted by atomic mass is 32.2. The largest absolute Gasteiger partial charge is 0.358 e. The van der Waals surface area contributed by atoms with Crippen LogP contribution in [0.25, 0.3) is 0 Å². The summed E-state index contributed by atoms with van der Waals surface area (Å²) < 4.78 is 0. The predicted molar refractivity (Wildman–Crippen MR) is 44.2 cm³/mol. The number of thioether (sulfide) groups is 1. The standard InChI is InChI=1S/C7H13NOS/c1-8-7(9)6-4-2-3-5-10-6/h6H,2-5H2,1H3,(H,8,9). The van der Waals surface area contributed by atoms with E-state index in [1.165, 1.54) is 12.8 Å². The van der Waals surface area contributed by atoms with Gasteiger partial charge < -0.3 is 5.32 Å². The summed E-state index contributed by atoms with van der Waals surface area (Å²) in [7, 11) is 1.71. The average molecular weight is 159 g/mol. The molecule has 58 valence electrons. The summed E-state index contributed by atoms with van der Waals surface area (Å²) >= 11 is 1.78. The van der Waals surface area contributed by atoms with Crippen molar-refractivity contribution in [1.29, 1.82) is 0 Å². The lowest BCUT2D eigenvalue weighted by atomic mass is 10.2. The minimum atomic E-state index is 0.199. The van der Waals surface area contributed by atoms with Gasteiger partial charge in [-0.05, 0) is 18.6 Å². The van der Waals surface area contributed by atoms with Gasteiger partial charge in [0.05, 0.1) is 5.25 Å². The van der Waals surface area contributed by atoms with Crippen molar-refractivity contribution in [2.75, 3.05) is 12.8 Å². The van der Waals surface area contributed by atoms with Crippen molar-refractivity contribution in [3.63, 3.8) is 0 Å². The Morgan fingerprint density at radius 3 is 2.90 bits per heavy atom. The molecule has 0 spiro atoms. The Bertz CT molecular complexity index is 121. The van der Waals surface area contributed by atoms with Crippen LogP contribution in [0, 0.1) is 0 Å². The van der Waals surface area contributed by atoms with Gasteiger partial charge in [0.2, 0.25) is 5.91 Å². The molecule has 0 aromatic rings. The van der Waals surface area contributed by atoms with Gasteiger partial charge in [-0.25, -0.2) is 0 Å². The van der Waals surface area contributed by atoms with Gasteiger partial charge in [-0.15, -0.1) is 11.8 Å². The molecule has 0 aliphatic carbocycles. The van der Waals surface area contributed by atoms with Crippen LogP contribution < -0.4 is 5.32 Å². The van der Waals surface area contributed by atoms with E-state index >= 15 is 0 Å². The fraction of sp³-hybridized carbons (Fsp3) is 0.857. The zero-order valence-corrected chi connectivity index (χ0v) is 7.04. The van der Waals surface area contributed by atoms with Crippen molar-refractivity contribution in [1.82, 2.24) is 5.32 Å². The van der Waals surface area contributed by atoms with Crippen LogP contribution in [0.2, 0.25) is 0 Å². The smallest absolute Gasteiger partial charge is 0.232 e. The molecule has 1 atom stereocenters. The lowest BCUT2D eigenvalue weighted by molar-refractivity contribution is -0.120. The topological polar surface area (TPSA) is 29.1 Å². The zero-order chi connectivity index (χ0) is 7.40. The van der Waals surface area contributed by atoms with Gasteiger partial charge in [-0.2, -0.15) is 0 Å². The van der Waals surface area contributed by atoms with Crippen molar-refractivity contribution >= 4 is 17.7 Å². The summed E-state index contributed by atoms with van der Waals surface area (Å²) in [6, 6.07) is 0. The molecule has 1 N–H and O–H groups in total. The first-order valence-electron chi connectivity index (χ1n) is 3.68. The van der Waals surface area contributed by atoms with Crippen LogP contribution in [0.1, 0.15) is 19.3 Å². The van der Waals surface area contributed by atoms with Crippen molar-refractivity contribution < 1.29 is 4.79 Å². The molecule has 1 unspecified atom stereocenters. The summed E-state index contributed by atoms with van der Waals surface area (Å²) in [5, 5.41) is 2.91. The maximum Gasteiger partial charge on any atom is 0.232 e. The van der Waals surface area contributed by atoms with Crippen LogP contribution in [0.5, 0.6) is 0 Å². The average Bonchev–Trinajstić information content (AvgIpc) is 2.05. The summed E-state index contributed by atoms with van der Waals surface area (Å²) in [5.74, 6) is 1.35. The van der Waals surface area contributed by atoms with Crippen LogP contribution in [-0.2, 0) is 4.79 Å². The molecule has 0 aromatic heterocycles. The number of amides is 1. The molecular formula is C7H13NOS. The highest BCUT2D eigenvalue weighted by Gasteiger charge is 2.19. The molecular weight excluding hydrogens is 146 g/mol. The summed E-state index contributed by atoms with van der Waals surface area (Å²) in [6.45, 7) is 0. The molecule has 1 rings (SSSR count). The van der Waals surface area contributed by atoms with Gasteiger partial charge in [-0.1, -0.05) is 6.42 Å². The van der Waals surface area contributed by atoms with Crippen molar-refractivity contribution in [2.45, 2.75) is 24.5 Å². The number of rotatable bonds is 1. The molecule has 1 saturated heterocycles. The Morgan fingerprint density at radius 1 is 1.60 bits per heavy atom. The molecule has 1 aliphatic heterocycles. The van der Waals surface area contributed by atoms with Crippen LogP contribution >= 0.6 is 11.8 Å². The Labute approximate surface area is 65.8 Å². The SMILES string of the molecule is CNC(=O)C1CCCCS1. The van der Waals surface area contributed by atoms with Gasteiger partial charge in [0.15, 0.2) is 0 Å². The molecule has 1 heterocycles. The molecule has 1 fully saturated rings. The lowest BCUT2D eigenvalue weighted by Gasteiger charge is -2.18. The van der Waals surface area contributed by atoms with E-state index in [9.17, 15) is 4.79 Å². The fourth-order valence-corrected chi connectivity index (χ4v) is 2.37. The summed E-state index contributed by atoms with van der Waals surface area (Å²) in [6.07, 6.45) is 3.55. The first-order valence-corrected chi connectivity index (χ1v) is 4.72. The maximum absolute atomic E-state index is 11.0. The van der Waals surface area contributed by atoms with Crippen molar-refractivity contribution in [3.8, 4) is 0 Å². The highest BCUT2D eigenvalue weighted by molar-refractivity contribution is 8.00. The van der Waals surface area contributed by atoms with E-state index in [0.717, 1.165) is 12.2 Å². The van der Waals surface area contributed by atoms with Gasteiger partial charge >= 0.3 is 0 Å². The van der Waals surface area contributed by atoms with E-state index in [2.05, 4.69) is 5.32 Å². The number of carbonyl (C=O) groups is 1. The third-order valence-electron chi connectivity index (χ3n) is 1.72. The highest BCUT2D eigenvalue weighted by Crippen LogP contribution is 2.24. The minimum Gasteiger partial charge on any atom is -0.358 e. The molecule has 0 aromatic carbocycles. The van der Waals surface area contributed by atoms with Crippen molar-refractivity contribution in [3.05, 3.63) is 0 Å². The quantitative estimate of drug-likeness (QED) is 0.619. The van der Waals surface area contributed by atoms with E-state index < -0.39 is 0 Å². The molecule has 3 heteroatoms. The Kier molecular flexibility index (Phi) is 3.06. The summed E-state index contributed by atoms with van der Waals surface area (Å²) in [5.41, 5.74) is 0. The lowest BCUT2D eigenvalue weighted by Crippen LogP contribution is -2.31. The second-order valence-corrected chi connectivity index (χ2v) is 3.78. The van der Waals surface area contributed by atoms with E-state index in [-0.39, 0.29) is 11.2 Å². The number of hydrogen-bond donors (Lipinski definition) is 1. The third-order valence-corrected chi connectivity index (χ3v) is 3.10. The molecule has 10 heavy (non-hydrogen) atoms. The maximum atomic E-state index is 11.0. The van der Waals surface area contributed by atoms with Gasteiger partial charge in [0, 0.05) is 7.05 Å². The molecule has 0 bridgehead atoms. The molecule has 0 radical (unpaired) electrons.